The smallest absolute Gasteiger partial charge is 0.100 e. The van der Waals surface area contributed by atoms with Gasteiger partial charge in [0.25, 0.3) is 0 Å². The zero-order valence-electron chi connectivity index (χ0n) is 15.7. The third-order valence-electron chi connectivity index (χ3n) is 3.02. The van der Waals surface area contributed by atoms with Crippen molar-refractivity contribution in [2.45, 2.75) is 31.7 Å². The lowest BCUT2D eigenvalue weighted by Gasteiger charge is -2.24. The molecule has 0 aromatic carbocycles. The van der Waals surface area contributed by atoms with E-state index in [0.717, 1.165) is 0 Å². The monoisotopic (exact) mass is 410 g/mol. The first kappa shape index (κ1) is 34.1. The number of aliphatic hydroxyl groups excluding tert-OH is 12. The van der Waals surface area contributed by atoms with Crippen LogP contribution in [0.15, 0.2) is 0 Å². The first-order valence-corrected chi connectivity index (χ1v) is 8.19. The third-order valence-corrected chi connectivity index (χ3v) is 3.02. The summed E-state index contributed by atoms with van der Waals surface area (Å²) >= 11 is 0. The van der Waals surface area contributed by atoms with Crippen LogP contribution in [0.1, 0.15) is 13.3 Å². The summed E-state index contributed by atoms with van der Waals surface area (Å²) in [4.78, 5) is 0. The molecule has 0 rings (SSSR count). The van der Waals surface area contributed by atoms with Crippen LogP contribution in [0.2, 0.25) is 0 Å². The van der Waals surface area contributed by atoms with Gasteiger partial charge in [0.2, 0.25) is 0 Å². The number of rotatable bonds is 10. The summed E-state index contributed by atoms with van der Waals surface area (Å²) in [5.41, 5.74) is -0.667. The highest BCUT2D eigenvalue weighted by atomic mass is 16.4. The van der Waals surface area contributed by atoms with Gasteiger partial charge in [-0.2, -0.15) is 0 Å². The second-order valence-corrected chi connectivity index (χ2v) is 5.38. The molecule has 0 aromatic rings. The summed E-state index contributed by atoms with van der Waals surface area (Å²) in [5.74, 6) is 0. The standard InChI is InChI=1S/C6H14O3.3C3H8O3/c1-2-6(3-7,4-8)5-9;3*4-1-3(6)2-5/h7-9H,2-5H2,1H3;3*3-6H,1-2H2. The van der Waals surface area contributed by atoms with Gasteiger partial charge >= 0.3 is 0 Å². The molecule has 0 amide bonds. The Kier molecular flexibility index (Phi) is 32.2. The summed E-state index contributed by atoms with van der Waals surface area (Å²) < 4.78 is 0. The maximum Gasteiger partial charge on any atom is 0.100 e. The van der Waals surface area contributed by atoms with E-state index in [1.165, 1.54) is 0 Å². The lowest BCUT2D eigenvalue weighted by Crippen LogP contribution is -2.32. The lowest BCUT2D eigenvalue weighted by atomic mass is 9.88. The van der Waals surface area contributed by atoms with Crippen LogP contribution in [-0.2, 0) is 0 Å². The molecular formula is C15H38O12. The molecule has 0 heterocycles. The lowest BCUT2D eigenvalue weighted by molar-refractivity contribution is 0.00304. The molecule has 0 aromatic heterocycles. The highest BCUT2D eigenvalue weighted by Gasteiger charge is 2.24. The topological polar surface area (TPSA) is 243 Å². The third kappa shape index (κ3) is 25.5. The molecule has 0 aliphatic heterocycles. The van der Waals surface area contributed by atoms with Gasteiger partial charge in [-0.3, -0.25) is 0 Å². The van der Waals surface area contributed by atoms with Gasteiger partial charge in [-0.25, -0.2) is 0 Å². The normalized spacial score (nSPS) is 10.7. The Morgan fingerprint density at radius 3 is 0.667 bits per heavy atom. The maximum absolute atomic E-state index is 8.66. The predicted molar refractivity (Wildman–Crippen MR) is 94.5 cm³/mol. The van der Waals surface area contributed by atoms with Gasteiger partial charge in [0.15, 0.2) is 0 Å². The van der Waals surface area contributed by atoms with Crippen molar-refractivity contribution in [1.82, 2.24) is 0 Å². The fraction of sp³-hybridized carbons (Fsp3) is 1.00. The Morgan fingerprint density at radius 1 is 0.481 bits per heavy atom. The molecule has 0 radical (unpaired) electrons. The zero-order chi connectivity index (χ0) is 22.3. The van der Waals surface area contributed by atoms with Crippen LogP contribution < -0.4 is 0 Å². The van der Waals surface area contributed by atoms with Crippen molar-refractivity contribution in [3.05, 3.63) is 0 Å². The number of hydrogen-bond donors (Lipinski definition) is 12. The van der Waals surface area contributed by atoms with E-state index < -0.39 is 23.7 Å². The van der Waals surface area contributed by atoms with Crippen molar-refractivity contribution in [3.63, 3.8) is 0 Å². The summed E-state index contributed by atoms with van der Waals surface area (Å²) in [6.07, 6.45) is -2.27. The fourth-order valence-corrected chi connectivity index (χ4v) is 0.659. The van der Waals surface area contributed by atoms with Gasteiger partial charge in [0, 0.05) is 5.41 Å². The number of aliphatic hydroxyl groups is 12. The Morgan fingerprint density at radius 2 is 0.667 bits per heavy atom. The van der Waals surface area contributed by atoms with Gasteiger partial charge < -0.3 is 61.3 Å². The minimum absolute atomic E-state index is 0.156. The van der Waals surface area contributed by atoms with E-state index in [0.29, 0.717) is 6.42 Å². The highest BCUT2D eigenvalue weighted by molar-refractivity contribution is 4.74. The summed E-state index contributed by atoms with van der Waals surface area (Å²) in [5, 5.41) is 98.0. The molecule has 0 spiro atoms. The molecule has 12 N–H and O–H groups in total. The SMILES string of the molecule is CCC(CO)(CO)CO.OCC(O)CO.OCC(O)CO.OCC(O)CO. The molecule has 0 bridgehead atoms. The van der Waals surface area contributed by atoms with Crippen LogP contribution in [0.4, 0.5) is 0 Å². The molecule has 0 fully saturated rings. The minimum Gasteiger partial charge on any atom is -0.396 e. The van der Waals surface area contributed by atoms with Gasteiger partial charge in [-0.15, -0.1) is 0 Å². The summed E-state index contributed by atoms with van der Waals surface area (Å²) in [7, 11) is 0. The molecule has 0 atom stereocenters. The van der Waals surface area contributed by atoms with E-state index >= 15 is 0 Å². The van der Waals surface area contributed by atoms with E-state index in [-0.39, 0.29) is 59.5 Å². The fourth-order valence-electron chi connectivity index (χ4n) is 0.659. The van der Waals surface area contributed by atoms with Crippen LogP contribution in [0.3, 0.4) is 0 Å². The van der Waals surface area contributed by atoms with E-state index in [1.54, 1.807) is 0 Å². The second kappa shape index (κ2) is 25.5. The van der Waals surface area contributed by atoms with Gasteiger partial charge in [0.1, 0.15) is 18.3 Å². The summed E-state index contributed by atoms with van der Waals surface area (Å²) in [6.45, 7) is -0.834. The van der Waals surface area contributed by atoms with Crippen LogP contribution in [-0.4, -0.2) is 139 Å². The van der Waals surface area contributed by atoms with Gasteiger partial charge in [-0.05, 0) is 6.42 Å². The molecule has 0 aliphatic carbocycles. The largest absolute Gasteiger partial charge is 0.396 e. The van der Waals surface area contributed by atoms with Crippen molar-refractivity contribution < 1.29 is 61.3 Å². The van der Waals surface area contributed by atoms with Crippen molar-refractivity contribution in [3.8, 4) is 0 Å². The molecule has 0 aliphatic rings. The van der Waals surface area contributed by atoms with Crippen molar-refractivity contribution in [2.75, 3.05) is 59.5 Å². The molecule has 0 unspecified atom stereocenters. The molecule has 170 valence electrons. The van der Waals surface area contributed by atoms with Crippen molar-refractivity contribution in [2.24, 2.45) is 5.41 Å². The molecule has 0 saturated heterocycles. The Bertz CT molecular complexity index is 200. The average molecular weight is 410 g/mol. The Labute approximate surface area is 158 Å². The first-order valence-electron chi connectivity index (χ1n) is 8.19. The highest BCUT2D eigenvalue weighted by Crippen LogP contribution is 2.18. The van der Waals surface area contributed by atoms with Crippen LogP contribution in [0.5, 0.6) is 0 Å². The zero-order valence-corrected chi connectivity index (χ0v) is 15.7. The Hall–Kier alpha value is -0.480. The van der Waals surface area contributed by atoms with E-state index in [4.69, 9.17) is 61.3 Å². The molecule has 12 heteroatoms. The van der Waals surface area contributed by atoms with Gasteiger partial charge in [-0.1, -0.05) is 6.92 Å². The molecular weight excluding hydrogens is 372 g/mol. The van der Waals surface area contributed by atoms with Crippen LogP contribution in [0.25, 0.3) is 0 Å². The first-order chi connectivity index (χ1) is 12.7. The second-order valence-electron chi connectivity index (χ2n) is 5.38. The van der Waals surface area contributed by atoms with Crippen LogP contribution in [0, 0.1) is 5.41 Å². The van der Waals surface area contributed by atoms with E-state index in [1.807, 2.05) is 6.92 Å². The van der Waals surface area contributed by atoms with Crippen molar-refractivity contribution in [1.29, 1.82) is 0 Å². The van der Waals surface area contributed by atoms with E-state index in [9.17, 15) is 0 Å². The Balaban J connectivity index is -0.000000133. The average Bonchev–Trinajstić information content (AvgIpc) is 2.75. The van der Waals surface area contributed by atoms with Crippen molar-refractivity contribution >= 4 is 0 Å². The minimum atomic E-state index is -0.954. The van der Waals surface area contributed by atoms with E-state index in [2.05, 4.69) is 0 Å². The predicted octanol–water partition coefficient (Wildman–Crippen LogP) is -5.64. The molecule has 12 nitrogen and oxygen atoms in total. The maximum atomic E-state index is 8.66. The molecule has 0 saturated carbocycles. The quantitative estimate of drug-likeness (QED) is 0.161. The van der Waals surface area contributed by atoms with Gasteiger partial charge in [0.05, 0.1) is 59.5 Å². The molecule has 27 heavy (non-hydrogen) atoms. The summed E-state index contributed by atoms with van der Waals surface area (Å²) in [6, 6.07) is 0. The van der Waals surface area contributed by atoms with Crippen LogP contribution >= 0.6 is 0 Å². The number of hydrogen-bond acceptors (Lipinski definition) is 12.